The lowest BCUT2D eigenvalue weighted by atomic mass is 10.0. The number of benzene rings is 1. The van der Waals surface area contributed by atoms with Gasteiger partial charge in [0, 0.05) is 19.0 Å². The van der Waals surface area contributed by atoms with E-state index in [-0.39, 0.29) is 0 Å². The van der Waals surface area contributed by atoms with Gasteiger partial charge in [0.2, 0.25) is 0 Å². The molecule has 0 bridgehead atoms. The molecule has 0 saturated heterocycles. The molecule has 1 aromatic carbocycles. The lowest BCUT2D eigenvalue weighted by Crippen LogP contribution is -2.33. The van der Waals surface area contributed by atoms with Crippen molar-refractivity contribution < 1.29 is 4.74 Å². The monoisotopic (exact) mass is 234 g/mol. The first-order chi connectivity index (χ1) is 8.30. The van der Waals surface area contributed by atoms with E-state index in [1.807, 2.05) is 0 Å². The number of hydrogen-bond acceptors (Lipinski definition) is 3. The second-order valence-corrected chi connectivity index (χ2v) is 4.44. The Bertz CT molecular complexity index is 374. The Morgan fingerprint density at radius 1 is 1.35 bits per heavy atom. The van der Waals surface area contributed by atoms with Crippen molar-refractivity contribution in [3.63, 3.8) is 0 Å². The van der Waals surface area contributed by atoms with Crippen LogP contribution in [0.4, 0.5) is 0 Å². The average molecular weight is 234 g/mol. The standard InChI is InChI=1S/C14H22N2O/c1-3-16(4-2)13(10-15)11-5-6-14-12(9-11)7-8-17-14/h5-6,9,13H,3-4,7-8,10,15H2,1-2H3/t13-/m1/s1. The fraction of sp³-hybridized carbons (Fsp3) is 0.571. The van der Waals surface area contributed by atoms with E-state index >= 15 is 0 Å². The number of fused-ring (bicyclic) bond motifs is 1. The van der Waals surface area contributed by atoms with Gasteiger partial charge in [-0.2, -0.15) is 0 Å². The maximum absolute atomic E-state index is 5.93. The molecule has 1 heterocycles. The summed E-state index contributed by atoms with van der Waals surface area (Å²) < 4.78 is 5.54. The van der Waals surface area contributed by atoms with Crippen LogP contribution in [0, 0.1) is 0 Å². The van der Waals surface area contributed by atoms with E-state index in [4.69, 9.17) is 10.5 Å². The van der Waals surface area contributed by atoms with Crippen LogP contribution in [0.15, 0.2) is 18.2 Å². The Morgan fingerprint density at radius 2 is 2.12 bits per heavy atom. The zero-order chi connectivity index (χ0) is 12.3. The molecule has 0 radical (unpaired) electrons. The van der Waals surface area contributed by atoms with Crippen molar-refractivity contribution in [1.82, 2.24) is 4.90 Å². The molecule has 1 aliphatic rings. The molecule has 0 spiro atoms. The molecule has 0 amide bonds. The third-order valence-corrected chi connectivity index (χ3v) is 3.57. The summed E-state index contributed by atoms with van der Waals surface area (Å²) in [4.78, 5) is 2.40. The Hall–Kier alpha value is -1.06. The minimum Gasteiger partial charge on any atom is -0.493 e. The Morgan fingerprint density at radius 3 is 2.76 bits per heavy atom. The van der Waals surface area contributed by atoms with Crippen LogP contribution in [0.5, 0.6) is 5.75 Å². The predicted octanol–water partition coefficient (Wildman–Crippen LogP) is 1.96. The Labute approximate surface area is 104 Å². The highest BCUT2D eigenvalue weighted by Gasteiger charge is 2.19. The first-order valence-electron chi connectivity index (χ1n) is 6.49. The third kappa shape index (κ3) is 2.45. The van der Waals surface area contributed by atoms with Gasteiger partial charge < -0.3 is 10.5 Å². The highest BCUT2D eigenvalue weighted by atomic mass is 16.5. The largest absolute Gasteiger partial charge is 0.493 e. The van der Waals surface area contributed by atoms with E-state index in [1.165, 1.54) is 11.1 Å². The maximum Gasteiger partial charge on any atom is 0.122 e. The van der Waals surface area contributed by atoms with Crippen molar-refractivity contribution >= 4 is 0 Å². The second-order valence-electron chi connectivity index (χ2n) is 4.44. The topological polar surface area (TPSA) is 38.5 Å². The first kappa shape index (κ1) is 12.4. The number of rotatable bonds is 5. The van der Waals surface area contributed by atoms with E-state index in [0.717, 1.165) is 31.9 Å². The van der Waals surface area contributed by atoms with Gasteiger partial charge in [0.05, 0.1) is 6.61 Å². The summed E-state index contributed by atoms with van der Waals surface area (Å²) in [5.74, 6) is 1.05. The van der Waals surface area contributed by atoms with Crippen molar-refractivity contribution in [2.45, 2.75) is 26.3 Å². The van der Waals surface area contributed by atoms with Crippen LogP contribution < -0.4 is 10.5 Å². The van der Waals surface area contributed by atoms with Crippen LogP contribution in [-0.2, 0) is 6.42 Å². The van der Waals surface area contributed by atoms with E-state index in [1.54, 1.807) is 0 Å². The van der Waals surface area contributed by atoms with E-state index in [9.17, 15) is 0 Å². The summed E-state index contributed by atoms with van der Waals surface area (Å²) in [6.07, 6.45) is 1.03. The lowest BCUT2D eigenvalue weighted by molar-refractivity contribution is 0.224. The van der Waals surface area contributed by atoms with Crippen molar-refractivity contribution in [3.05, 3.63) is 29.3 Å². The molecule has 0 unspecified atom stereocenters. The number of likely N-dealkylation sites (N-methyl/N-ethyl adjacent to an activating group) is 1. The third-order valence-electron chi connectivity index (χ3n) is 3.57. The van der Waals surface area contributed by atoms with Gasteiger partial charge in [0.25, 0.3) is 0 Å². The smallest absolute Gasteiger partial charge is 0.122 e. The molecule has 0 aromatic heterocycles. The number of hydrogen-bond donors (Lipinski definition) is 1. The molecule has 3 nitrogen and oxygen atoms in total. The van der Waals surface area contributed by atoms with E-state index in [0.29, 0.717) is 12.6 Å². The number of ether oxygens (including phenoxy) is 1. The lowest BCUT2D eigenvalue weighted by Gasteiger charge is -2.29. The summed E-state index contributed by atoms with van der Waals surface area (Å²) in [5, 5.41) is 0. The van der Waals surface area contributed by atoms with E-state index < -0.39 is 0 Å². The quantitative estimate of drug-likeness (QED) is 0.846. The molecule has 3 heteroatoms. The maximum atomic E-state index is 5.93. The zero-order valence-electron chi connectivity index (χ0n) is 10.8. The Balaban J connectivity index is 2.25. The molecule has 1 aliphatic heterocycles. The van der Waals surface area contributed by atoms with Crippen molar-refractivity contribution in [3.8, 4) is 5.75 Å². The van der Waals surface area contributed by atoms with Crippen molar-refractivity contribution in [2.75, 3.05) is 26.2 Å². The zero-order valence-corrected chi connectivity index (χ0v) is 10.8. The minimum absolute atomic E-state index is 0.330. The normalized spacial score (nSPS) is 15.8. The molecule has 0 saturated carbocycles. The van der Waals surface area contributed by atoms with E-state index in [2.05, 4.69) is 36.9 Å². The Kier molecular flexibility index (Phi) is 4.02. The van der Waals surface area contributed by atoms with Crippen LogP contribution in [0.2, 0.25) is 0 Å². The summed E-state index contributed by atoms with van der Waals surface area (Å²) in [7, 11) is 0. The summed E-state index contributed by atoms with van der Waals surface area (Å²) in [5.41, 5.74) is 8.58. The van der Waals surface area contributed by atoms with Gasteiger partial charge in [-0.05, 0) is 30.3 Å². The first-order valence-corrected chi connectivity index (χ1v) is 6.49. The number of nitrogens with zero attached hydrogens (tertiary/aromatic N) is 1. The molecule has 2 rings (SSSR count). The van der Waals surface area contributed by atoms with Crippen LogP contribution in [0.1, 0.15) is 31.0 Å². The summed E-state index contributed by atoms with van der Waals surface area (Å²) in [6.45, 7) is 7.92. The van der Waals surface area contributed by atoms with Crippen molar-refractivity contribution in [2.24, 2.45) is 5.73 Å². The molecule has 1 aromatic rings. The fourth-order valence-electron chi connectivity index (χ4n) is 2.57. The molecule has 17 heavy (non-hydrogen) atoms. The highest BCUT2D eigenvalue weighted by molar-refractivity contribution is 5.40. The predicted molar refractivity (Wildman–Crippen MR) is 70.4 cm³/mol. The summed E-state index contributed by atoms with van der Waals surface area (Å²) >= 11 is 0. The van der Waals surface area contributed by atoms with Crippen LogP contribution in [0.3, 0.4) is 0 Å². The number of nitrogens with two attached hydrogens (primary N) is 1. The molecular weight excluding hydrogens is 212 g/mol. The molecule has 2 N–H and O–H groups in total. The van der Waals surface area contributed by atoms with Crippen molar-refractivity contribution in [1.29, 1.82) is 0 Å². The highest BCUT2D eigenvalue weighted by Crippen LogP contribution is 2.29. The molecular formula is C14H22N2O. The van der Waals surface area contributed by atoms with Gasteiger partial charge in [0.1, 0.15) is 5.75 Å². The average Bonchev–Trinajstić information content (AvgIpc) is 2.82. The summed E-state index contributed by atoms with van der Waals surface area (Å²) in [6, 6.07) is 6.83. The SMILES string of the molecule is CCN(CC)[C@H](CN)c1ccc2c(c1)CCO2. The molecule has 0 fully saturated rings. The van der Waals surface area contributed by atoms with Gasteiger partial charge in [-0.15, -0.1) is 0 Å². The fourth-order valence-corrected chi connectivity index (χ4v) is 2.57. The molecule has 1 atom stereocenters. The van der Waals surface area contributed by atoms with Gasteiger partial charge in [0.15, 0.2) is 0 Å². The van der Waals surface area contributed by atoms with Crippen LogP contribution in [0.25, 0.3) is 0 Å². The van der Waals surface area contributed by atoms with Crippen LogP contribution in [-0.4, -0.2) is 31.1 Å². The van der Waals surface area contributed by atoms with Gasteiger partial charge in [-0.25, -0.2) is 0 Å². The van der Waals surface area contributed by atoms with Gasteiger partial charge in [-0.3, -0.25) is 4.90 Å². The van der Waals surface area contributed by atoms with Crippen LogP contribution >= 0.6 is 0 Å². The second kappa shape index (κ2) is 5.52. The van der Waals surface area contributed by atoms with Gasteiger partial charge >= 0.3 is 0 Å². The molecule has 94 valence electrons. The minimum atomic E-state index is 0.330. The molecule has 0 aliphatic carbocycles. The van der Waals surface area contributed by atoms with Gasteiger partial charge in [-0.1, -0.05) is 26.0 Å².